The summed E-state index contributed by atoms with van der Waals surface area (Å²) in [6.07, 6.45) is 1.08. The zero-order valence-corrected chi connectivity index (χ0v) is 18.4. The molecule has 1 fully saturated rings. The Bertz CT molecular complexity index is 1280. The second kappa shape index (κ2) is 9.26. The molecule has 5 rings (SSSR count). The third-order valence-corrected chi connectivity index (χ3v) is 5.81. The van der Waals surface area contributed by atoms with Crippen molar-refractivity contribution in [2.24, 2.45) is 0 Å². The van der Waals surface area contributed by atoms with Gasteiger partial charge in [-0.2, -0.15) is 18.3 Å². The minimum Gasteiger partial charge on any atom is -0.353 e. The Kier molecular flexibility index (Phi) is 6.02. The molecule has 0 radical (unpaired) electrons. The quantitative estimate of drug-likeness (QED) is 0.430. The highest BCUT2D eigenvalue weighted by atomic mass is 19.4. The molecule has 1 saturated heterocycles. The molecular weight excluding hydrogens is 441 g/mol. The molecule has 1 aliphatic rings. The van der Waals surface area contributed by atoms with Gasteiger partial charge in [0, 0.05) is 32.7 Å². The van der Waals surface area contributed by atoms with Gasteiger partial charge < -0.3 is 4.90 Å². The lowest BCUT2D eigenvalue weighted by molar-refractivity contribution is -0.144. The van der Waals surface area contributed by atoms with Crippen LogP contribution in [-0.2, 0) is 6.18 Å². The maximum absolute atomic E-state index is 13.7. The van der Waals surface area contributed by atoms with Crippen molar-refractivity contribution in [2.75, 3.05) is 37.6 Å². The van der Waals surface area contributed by atoms with Crippen LogP contribution in [0.25, 0.3) is 22.8 Å². The van der Waals surface area contributed by atoms with Crippen molar-refractivity contribution in [3.05, 3.63) is 84.3 Å². The van der Waals surface area contributed by atoms with Crippen molar-refractivity contribution in [1.29, 1.82) is 0 Å². The van der Waals surface area contributed by atoms with E-state index in [9.17, 15) is 13.2 Å². The van der Waals surface area contributed by atoms with Crippen molar-refractivity contribution in [3.8, 4) is 5.69 Å². The Morgan fingerprint density at radius 3 is 2.21 bits per heavy atom. The lowest BCUT2D eigenvalue weighted by atomic mass is 10.2. The van der Waals surface area contributed by atoms with Crippen LogP contribution in [0.3, 0.4) is 0 Å². The molecule has 2 aromatic heterocycles. The summed E-state index contributed by atoms with van der Waals surface area (Å²) in [4.78, 5) is 11.9. The number of hydrogen-bond donors (Lipinski definition) is 0. The Labute approximate surface area is 195 Å². The lowest BCUT2D eigenvalue weighted by Gasteiger charge is -2.35. The second-order valence-corrected chi connectivity index (χ2v) is 8.10. The molecule has 6 nitrogen and oxygen atoms in total. The number of anilines is 1. The summed E-state index contributed by atoms with van der Waals surface area (Å²) >= 11 is 0. The van der Waals surface area contributed by atoms with Gasteiger partial charge in [-0.1, -0.05) is 60.7 Å². The third-order valence-electron chi connectivity index (χ3n) is 5.81. The largest absolute Gasteiger partial charge is 0.451 e. The Hall–Kier alpha value is -3.72. The topological polar surface area (TPSA) is 50.1 Å². The fourth-order valence-electron chi connectivity index (χ4n) is 4.06. The molecule has 0 N–H and O–H groups in total. The van der Waals surface area contributed by atoms with Crippen molar-refractivity contribution >= 4 is 22.9 Å². The van der Waals surface area contributed by atoms with E-state index in [1.54, 1.807) is 30.5 Å². The molecule has 1 aliphatic heterocycles. The second-order valence-electron chi connectivity index (χ2n) is 8.10. The van der Waals surface area contributed by atoms with Crippen LogP contribution in [-0.4, -0.2) is 57.4 Å². The number of fused-ring (bicyclic) bond motifs is 1. The van der Waals surface area contributed by atoms with Crippen molar-refractivity contribution in [3.63, 3.8) is 0 Å². The maximum atomic E-state index is 13.7. The van der Waals surface area contributed by atoms with Gasteiger partial charge in [0.2, 0.25) is 5.82 Å². The first-order valence-electron chi connectivity index (χ1n) is 11.1. The molecular formula is C25H23F3N6. The van der Waals surface area contributed by atoms with Crippen LogP contribution in [0.15, 0.2) is 72.9 Å². The molecule has 0 bridgehead atoms. The number of benzene rings is 2. The van der Waals surface area contributed by atoms with E-state index in [1.807, 2.05) is 41.3 Å². The summed E-state index contributed by atoms with van der Waals surface area (Å²) in [5.74, 6) is -0.875. The number of nitrogens with zero attached hydrogens (tertiary/aromatic N) is 6. The van der Waals surface area contributed by atoms with Crippen LogP contribution in [0.4, 0.5) is 19.0 Å². The molecule has 2 aromatic carbocycles. The zero-order chi connectivity index (χ0) is 23.5. The van der Waals surface area contributed by atoms with Gasteiger partial charge in [0.05, 0.1) is 17.3 Å². The molecule has 0 amide bonds. The summed E-state index contributed by atoms with van der Waals surface area (Å²) in [5.41, 5.74) is 1.93. The van der Waals surface area contributed by atoms with E-state index in [4.69, 9.17) is 0 Å². The van der Waals surface area contributed by atoms with Crippen LogP contribution >= 0.6 is 0 Å². The van der Waals surface area contributed by atoms with Gasteiger partial charge in [-0.05, 0) is 17.7 Å². The van der Waals surface area contributed by atoms with Crippen LogP contribution < -0.4 is 4.90 Å². The average molecular weight is 464 g/mol. The third kappa shape index (κ3) is 4.65. The van der Waals surface area contributed by atoms with Crippen molar-refractivity contribution in [2.45, 2.75) is 6.18 Å². The van der Waals surface area contributed by atoms with Crippen LogP contribution in [0.2, 0.25) is 0 Å². The number of alkyl halides is 3. The first-order chi connectivity index (χ1) is 16.5. The van der Waals surface area contributed by atoms with Crippen LogP contribution in [0.1, 0.15) is 11.4 Å². The monoisotopic (exact) mass is 464 g/mol. The first kappa shape index (κ1) is 22.1. The van der Waals surface area contributed by atoms with Crippen LogP contribution in [0, 0.1) is 0 Å². The molecule has 34 heavy (non-hydrogen) atoms. The van der Waals surface area contributed by atoms with Gasteiger partial charge in [0.15, 0.2) is 5.65 Å². The molecule has 0 spiro atoms. The van der Waals surface area contributed by atoms with Gasteiger partial charge in [0.1, 0.15) is 5.82 Å². The van der Waals surface area contributed by atoms with Gasteiger partial charge in [-0.3, -0.25) is 4.90 Å². The average Bonchev–Trinajstić information content (AvgIpc) is 3.29. The number of halogens is 3. The van der Waals surface area contributed by atoms with Crippen molar-refractivity contribution in [1.82, 2.24) is 24.6 Å². The molecule has 3 heterocycles. The number of para-hydroxylation sites is 1. The van der Waals surface area contributed by atoms with Crippen LogP contribution in [0.5, 0.6) is 0 Å². The molecule has 0 unspecified atom stereocenters. The van der Waals surface area contributed by atoms with E-state index in [1.165, 1.54) is 4.68 Å². The fourth-order valence-corrected chi connectivity index (χ4v) is 4.06. The zero-order valence-electron chi connectivity index (χ0n) is 18.4. The predicted octanol–water partition coefficient (Wildman–Crippen LogP) is 4.67. The normalized spacial score (nSPS) is 15.4. The van der Waals surface area contributed by atoms with E-state index >= 15 is 0 Å². The standard InChI is InChI=1S/C25H23F3N6/c26-25(27,28)24-30-22(21-18-29-34(23(21)31-24)20-11-5-2-6-12-20)33-16-14-32(15-17-33)13-7-10-19-8-3-1-4-9-19/h1-12,18H,13-17H2/b10-7+. The molecule has 174 valence electrons. The van der Waals surface area contributed by atoms with E-state index in [-0.39, 0.29) is 11.5 Å². The summed E-state index contributed by atoms with van der Waals surface area (Å²) in [6, 6.07) is 19.1. The highest BCUT2D eigenvalue weighted by Crippen LogP contribution is 2.33. The summed E-state index contributed by atoms with van der Waals surface area (Å²) in [5, 5.41) is 4.84. The van der Waals surface area contributed by atoms with Gasteiger partial charge in [-0.25, -0.2) is 14.6 Å². The van der Waals surface area contributed by atoms with E-state index in [2.05, 4.69) is 32.1 Å². The summed E-state index contributed by atoms with van der Waals surface area (Å²) in [7, 11) is 0. The van der Waals surface area contributed by atoms with E-state index in [0.29, 0.717) is 24.2 Å². The van der Waals surface area contributed by atoms with E-state index < -0.39 is 12.0 Å². The molecule has 4 aromatic rings. The minimum atomic E-state index is -4.65. The first-order valence-corrected chi connectivity index (χ1v) is 11.1. The lowest BCUT2D eigenvalue weighted by Crippen LogP contribution is -2.46. The number of piperazine rings is 1. The maximum Gasteiger partial charge on any atom is 0.451 e. The number of rotatable bonds is 5. The molecule has 0 aliphatic carbocycles. The Morgan fingerprint density at radius 1 is 0.853 bits per heavy atom. The van der Waals surface area contributed by atoms with Crippen molar-refractivity contribution < 1.29 is 13.2 Å². The van der Waals surface area contributed by atoms with Gasteiger partial charge >= 0.3 is 6.18 Å². The Balaban J connectivity index is 1.38. The highest BCUT2D eigenvalue weighted by molar-refractivity contribution is 5.88. The molecule has 0 saturated carbocycles. The number of hydrogen-bond acceptors (Lipinski definition) is 5. The summed E-state index contributed by atoms with van der Waals surface area (Å²) in [6.45, 7) is 3.36. The smallest absolute Gasteiger partial charge is 0.353 e. The summed E-state index contributed by atoms with van der Waals surface area (Å²) < 4.78 is 42.4. The van der Waals surface area contributed by atoms with E-state index in [0.717, 1.165) is 25.2 Å². The predicted molar refractivity (Wildman–Crippen MR) is 126 cm³/mol. The van der Waals surface area contributed by atoms with Gasteiger partial charge in [-0.15, -0.1) is 0 Å². The Morgan fingerprint density at radius 2 is 1.53 bits per heavy atom. The highest BCUT2D eigenvalue weighted by Gasteiger charge is 2.37. The number of aromatic nitrogens is 4. The van der Waals surface area contributed by atoms with Gasteiger partial charge in [0.25, 0.3) is 0 Å². The fraction of sp³-hybridized carbons (Fsp3) is 0.240. The minimum absolute atomic E-state index is 0.150. The molecule has 9 heteroatoms. The molecule has 0 atom stereocenters. The SMILES string of the molecule is FC(F)(F)c1nc(N2CCN(C/C=C/c3ccccc3)CC2)c2cnn(-c3ccccc3)c2n1.